The van der Waals surface area contributed by atoms with Crippen LogP contribution in [0.5, 0.6) is 0 Å². The van der Waals surface area contributed by atoms with Gasteiger partial charge in [0.1, 0.15) is 5.82 Å². The molecular weight excluding hydrogens is 352 g/mol. The Morgan fingerprint density at radius 1 is 1.15 bits per heavy atom. The summed E-state index contributed by atoms with van der Waals surface area (Å²) >= 11 is 0. The maximum absolute atomic E-state index is 12.7. The molecule has 0 atom stereocenters. The molecule has 1 aliphatic carbocycles. The third kappa shape index (κ3) is 3.52. The van der Waals surface area contributed by atoms with Crippen LogP contribution in [0.15, 0.2) is 30.3 Å². The molecule has 1 aliphatic heterocycles. The number of carbonyl (C=O) groups excluding carboxylic acids is 1. The van der Waals surface area contributed by atoms with Crippen LogP contribution in [0.25, 0.3) is 10.9 Å². The number of sulfonamides is 1. The molecule has 0 bridgehead atoms. The highest BCUT2D eigenvalue weighted by atomic mass is 32.2. The van der Waals surface area contributed by atoms with E-state index in [1.165, 1.54) is 10.6 Å². The summed E-state index contributed by atoms with van der Waals surface area (Å²) < 4.78 is 24.9. The number of anilines is 1. The number of benzene rings is 1. The molecular formula is C18H22N4O3S. The van der Waals surface area contributed by atoms with Gasteiger partial charge in [0.2, 0.25) is 10.0 Å². The zero-order chi connectivity index (χ0) is 18.3. The molecule has 0 radical (unpaired) electrons. The van der Waals surface area contributed by atoms with Crippen LogP contribution in [0.2, 0.25) is 0 Å². The van der Waals surface area contributed by atoms with E-state index in [2.05, 4.69) is 5.32 Å². The van der Waals surface area contributed by atoms with Gasteiger partial charge in [0, 0.05) is 37.6 Å². The van der Waals surface area contributed by atoms with Crippen LogP contribution in [0, 0.1) is 0 Å². The van der Waals surface area contributed by atoms with Gasteiger partial charge >= 0.3 is 0 Å². The van der Waals surface area contributed by atoms with Gasteiger partial charge in [-0.1, -0.05) is 18.2 Å². The molecule has 1 saturated heterocycles. The molecule has 1 aromatic heterocycles. The Morgan fingerprint density at radius 3 is 2.50 bits per heavy atom. The van der Waals surface area contributed by atoms with Crippen molar-refractivity contribution in [1.29, 1.82) is 0 Å². The summed E-state index contributed by atoms with van der Waals surface area (Å²) in [4.78, 5) is 19.4. The van der Waals surface area contributed by atoms with Gasteiger partial charge in [-0.15, -0.1) is 0 Å². The lowest BCUT2D eigenvalue weighted by Gasteiger charge is -2.34. The minimum absolute atomic E-state index is 0.0675. The normalized spacial score (nSPS) is 18.9. The first-order chi connectivity index (χ1) is 12.4. The van der Waals surface area contributed by atoms with Crippen LogP contribution in [0.3, 0.4) is 0 Å². The Balaban J connectivity index is 1.64. The number of hydrogen-bond acceptors (Lipinski definition) is 5. The predicted octanol–water partition coefficient (Wildman–Crippen LogP) is 1.21. The molecule has 0 spiro atoms. The molecule has 1 amide bonds. The van der Waals surface area contributed by atoms with Gasteiger partial charge in [0.15, 0.2) is 0 Å². The highest BCUT2D eigenvalue weighted by Crippen LogP contribution is 2.26. The fourth-order valence-corrected chi connectivity index (χ4v) is 4.08. The number of pyridine rings is 1. The van der Waals surface area contributed by atoms with Gasteiger partial charge in [-0.25, -0.2) is 13.4 Å². The zero-order valence-corrected chi connectivity index (χ0v) is 15.5. The molecule has 2 aliphatic rings. The van der Waals surface area contributed by atoms with Crippen LogP contribution in [0.4, 0.5) is 5.82 Å². The van der Waals surface area contributed by atoms with Gasteiger partial charge in [0.25, 0.3) is 5.91 Å². The van der Waals surface area contributed by atoms with Crippen molar-refractivity contribution in [3.05, 3.63) is 35.9 Å². The third-order valence-corrected chi connectivity index (χ3v) is 6.19. The second-order valence-electron chi connectivity index (χ2n) is 6.94. The van der Waals surface area contributed by atoms with Crippen molar-refractivity contribution in [3.63, 3.8) is 0 Å². The van der Waals surface area contributed by atoms with E-state index < -0.39 is 10.0 Å². The lowest BCUT2D eigenvalue weighted by Crippen LogP contribution is -2.48. The molecule has 1 N–H and O–H groups in total. The number of rotatable bonds is 4. The second kappa shape index (κ2) is 6.51. The topological polar surface area (TPSA) is 82.6 Å². The van der Waals surface area contributed by atoms with Crippen molar-refractivity contribution in [2.45, 2.75) is 18.9 Å². The van der Waals surface area contributed by atoms with Crippen molar-refractivity contribution < 1.29 is 13.2 Å². The van der Waals surface area contributed by atoms with Gasteiger partial charge in [-0.05, 0) is 25.0 Å². The van der Waals surface area contributed by atoms with E-state index in [9.17, 15) is 13.2 Å². The van der Waals surface area contributed by atoms with E-state index in [1.54, 1.807) is 0 Å². The predicted molar refractivity (Wildman–Crippen MR) is 101 cm³/mol. The summed E-state index contributed by atoms with van der Waals surface area (Å²) in [5.74, 6) is 0.653. The zero-order valence-electron chi connectivity index (χ0n) is 14.7. The summed E-state index contributed by atoms with van der Waals surface area (Å²) in [6.07, 6.45) is 3.31. The van der Waals surface area contributed by atoms with E-state index in [0.717, 1.165) is 29.6 Å². The van der Waals surface area contributed by atoms with Crippen LogP contribution < -0.4 is 10.2 Å². The van der Waals surface area contributed by atoms with Crippen molar-refractivity contribution in [2.24, 2.45) is 0 Å². The van der Waals surface area contributed by atoms with E-state index >= 15 is 0 Å². The number of nitrogens with one attached hydrogen (secondary N) is 1. The molecule has 2 aromatic rings. The lowest BCUT2D eigenvalue weighted by atomic mass is 10.1. The molecule has 7 nitrogen and oxygen atoms in total. The Bertz CT molecular complexity index is 948. The smallest absolute Gasteiger partial charge is 0.252 e. The third-order valence-electron chi connectivity index (χ3n) is 4.89. The monoisotopic (exact) mass is 374 g/mol. The molecule has 2 fully saturated rings. The molecule has 2 heterocycles. The number of aromatic nitrogens is 1. The summed E-state index contributed by atoms with van der Waals surface area (Å²) in [6, 6.07) is 9.74. The van der Waals surface area contributed by atoms with E-state index in [4.69, 9.17) is 4.98 Å². The maximum Gasteiger partial charge on any atom is 0.252 e. The summed E-state index contributed by atoms with van der Waals surface area (Å²) in [5, 5.41) is 3.88. The molecule has 1 aromatic carbocycles. The molecule has 26 heavy (non-hydrogen) atoms. The first-order valence-corrected chi connectivity index (χ1v) is 10.7. The Kier molecular flexibility index (Phi) is 4.32. The Morgan fingerprint density at radius 2 is 1.85 bits per heavy atom. The average Bonchev–Trinajstić information content (AvgIpc) is 3.44. The van der Waals surface area contributed by atoms with E-state index in [0.29, 0.717) is 31.7 Å². The van der Waals surface area contributed by atoms with Crippen molar-refractivity contribution >= 4 is 32.7 Å². The molecule has 1 saturated carbocycles. The number of fused-ring (bicyclic) bond motifs is 1. The van der Waals surface area contributed by atoms with Crippen LogP contribution in [0.1, 0.15) is 23.2 Å². The number of para-hydroxylation sites is 1. The Hall–Kier alpha value is -2.19. The minimum Gasteiger partial charge on any atom is -0.354 e. The van der Waals surface area contributed by atoms with Crippen molar-refractivity contribution in [2.75, 3.05) is 37.3 Å². The van der Waals surface area contributed by atoms with Gasteiger partial charge in [0.05, 0.1) is 17.3 Å². The standard InChI is InChI=1S/C18H22N4O3S/c1-26(24,25)22-10-8-21(9-11-22)17-12-15(18(23)19-13-6-7-13)14-4-2-3-5-16(14)20-17/h2-5,12-13H,6-11H2,1H3,(H,19,23). The minimum atomic E-state index is -3.17. The largest absolute Gasteiger partial charge is 0.354 e. The maximum atomic E-state index is 12.7. The quantitative estimate of drug-likeness (QED) is 0.870. The number of carbonyl (C=O) groups is 1. The first kappa shape index (κ1) is 17.2. The van der Waals surface area contributed by atoms with Crippen LogP contribution in [-0.4, -0.2) is 62.1 Å². The molecule has 4 rings (SSSR count). The fraction of sp³-hybridized carbons (Fsp3) is 0.444. The van der Waals surface area contributed by atoms with E-state index in [1.807, 2.05) is 35.2 Å². The highest BCUT2D eigenvalue weighted by Gasteiger charge is 2.27. The summed E-state index contributed by atoms with van der Waals surface area (Å²) in [7, 11) is -3.17. The number of hydrogen-bond donors (Lipinski definition) is 1. The summed E-state index contributed by atoms with van der Waals surface area (Å²) in [5.41, 5.74) is 1.40. The average molecular weight is 374 g/mol. The van der Waals surface area contributed by atoms with Gasteiger partial charge in [-0.3, -0.25) is 4.79 Å². The van der Waals surface area contributed by atoms with E-state index in [-0.39, 0.29) is 11.9 Å². The Labute approximate surface area is 153 Å². The fourth-order valence-electron chi connectivity index (χ4n) is 3.25. The molecule has 8 heteroatoms. The lowest BCUT2D eigenvalue weighted by molar-refractivity contribution is 0.0952. The SMILES string of the molecule is CS(=O)(=O)N1CCN(c2cc(C(=O)NC3CC3)c3ccccc3n2)CC1. The van der Waals surface area contributed by atoms with Crippen molar-refractivity contribution in [1.82, 2.24) is 14.6 Å². The second-order valence-corrected chi connectivity index (χ2v) is 8.92. The first-order valence-electron chi connectivity index (χ1n) is 8.82. The number of piperazine rings is 1. The number of amides is 1. The van der Waals surface area contributed by atoms with Crippen LogP contribution >= 0.6 is 0 Å². The van der Waals surface area contributed by atoms with Gasteiger partial charge < -0.3 is 10.2 Å². The van der Waals surface area contributed by atoms with Crippen molar-refractivity contribution in [3.8, 4) is 0 Å². The highest BCUT2D eigenvalue weighted by molar-refractivity contribution is 7.88. The number of nitrogens with zero attached hydrogens (tertiary/aromatic N) is 3. The molecule has 138 valence electrons. The summed E-state index contributed by atoms with van der Waals surface area (Å²) in [6.45, 7) is 1.97. The van der Waals surface area contributed by atoms with Gasteiger partial charge in [-0.2, -0.15) is 4.31 Å². The molecule has 0 unspecified atom stereocenters. The van der Waals surface area contributed by atoms with Crippen LogP contribution in [-0.2, 0) is 10.0 Å².